The first-order chi connectivity index (χ1) is 18.9. The van der Waals surface area contributed by atoms with Crippen LogP contribution in [0.4, 0.5) is 0 Å². The molecule has 2 heterocycles. The van der Waals surface area contributed by atoms with E-state index in [1.807, 2.05) is 12.1 Å². The summed E-state index contributed by atoms with van der Waals surface area (Å²) in [5.41, 5.74) is 3.15. The third kappa shape index (κ3) is 5.56. The topological polar surface area (TPSA) is 118 Å². The summed E-state index contributed by atoms with van der Waals surface area (Å²) in [6.07, 6.45) is -5.79. The largest absolute Gasteiger partial charge is 0.543 e. The molecule has 4 N–H and O–H groups in total. The molecule has 8 nitrogen and oxygen atoms in total. The lowest BCUT2D eigenvalue weighted by Gasteiger charge is -2.48. The Morgan fingerprint density at radius 2 is 1.22 bits per heavy atom. The molecule has 10 heteroatoms. The van der Waals surface area contributed by atoms with Crippen LogP contribution < -0.4 is 8.85 Å². The summed E-state index contributed by atoms with van der Waals surface area (Å²) in [6, 6.07) is 3.89. The van der Waals surface area contributed by atoms with Crippen molar-refractivity contribution < 1.29 is 38.8 Å². The smallest absolute Gasteiger partial charge is 0.258 e. The maximum Gasteiger partial charge on any atom is 0.258 e. The zero-order valence-corrected chi connectivity index (χ0v) is 29.3. The highest BCUT2D eigenvalue weighted by atomic mass is 28.4. The fourth-order valence-corrected chi connectivity index (χ4v) is 18.6. The van der Waals surface area contributed by atoms with Gasteiger partial charge < -0.3 is 38.8 Å². The Morgan fingerprint density at radius 1 is 0.756 bits per heavy atom. The van der Waals surface area contributed by atoms with E-state index in [1.165, 1.54) is 0 Å². The minimum Gasteiger partial charge on any atom is -0.543 e. The third-order valence-corrected chi connectivity index (χ3v) is 21.9. The van der Waals surface area contributed by atoms with Crippen LogP contribution >= 0.6 is 0 Å². The van der Waals surface area contributed by atoms with Crippen LogP contribution in [-0.4, -0.2) is 68.1 Å². The highest BCUT2D eigenvalue weighted by molar-refractivity contribution is 6.78. The molecule has 0 aliphatic carbocycles. The van der Waals surface area contributed by atoms with Gasteiger partial charge in [-0.15, -0.1) is 0 Å². The van der Waals surface area contributed by atoms with Crippen molar-refractivity contribution in [2.24, 2.45) is 0 Å². The fourth-order valence-electron chi connectivity index (χ4n) is 8.12. The van der Waals surface area contributed by atoms with E-state index in [1.54, 1.807) is 0 Å². The lowest BCUT2D eigenvalue weighted by molar-refractivity contribution is -0.368. The summed E-state index contributed by atoms with van der Waals surface area (Å²) in [7, 11) is -4.83. The van der Waals surface area contributed by atoms with Gasteiger partial charge in [-0.05, 0) is 44.9 Å². The summed E-state index contributed by atoms with van der Waals surface area (Å²) in [6.45, 7) is 26.3. The number of hydrogen-bond donors (Lipinski definition) is 4. The van der Waals surface area contributed by atoms with Crippen LogP contribution in [0, 0.1) is 0 Å². The molecule has 0 bridgehead atoms. The van der Waals surface area contributed by atoms with Crippen molar-refractivity contribution in [2.45, 2.75) is 153 Å². The van der Waals surface area contributed by atoms with Crippen molar-refractivity contribution in [3.63, 3.8) is 0 Å². The van der Waals surface area contributed by atoms with Gasteiger partial charge in [0.05, 0.1) is 18.8 Å². The van der Waals surface area contributed by atoms with Crippen molar-refractivity contribution >= 4 is 16.6 Å². The Kier molecular flexibility index (Phi) is 10.6. The lowest BCUT2D eigenvalue weighted by atomic mass is 9.87. The van der Waals surface area contributed by atoms with Crippen LogP contribution in [0.15, 0.2) is 12.1 Å². The molecule has 41 heavy (non-hydrogen) atoms. The molecule has 0 amide bonds. The van der Waals surface area contributed by atoms with Gasteiger partial charge in [0.1, 0.15) is 35.9 Å². The molecule has 1 aromatic carbocycles. The Balaban J connectivity index is 2.32. The monoisotopic (exact) mass is 612 g/mol. The SMILES string of the molecule is CC(C)[Si](Oc1cc2c(c(O[Si](C(C)C)(C(C)C)C(C)C)c1)[C@]1(OC2)O[C@H](CO)[C@@H](O)[C@H](O)[C@H]1O)(C(C)C)C(C)C. The second-order valence-electron chi connectivity index (χ2n) is 14.0. The van der Waals surface area contributed by atoms with Crippen LogP contribution in [0.1, 0.15) is 94.2 Å². The van der Waals surface area contributed by atoms with E-state index in [9.17, 15) is 20.4 Å². The summed E-state index contributed by atoms with van der Waals surface area (Å²) >= 11 is 0. The van der Waals surface area contributed by atoms with Crippen molar-refractivity contribution in [3.8, 4) is 11.5 Å². The molecule has 3 rings (SSSR count). The first-order valence-corrected chi connectivity index (χ1v) is 19.7. The number of rotatable bonds is 11. The summed E-state index contributed by atoms with van der Waals surface area (Å²) in [4.78, 5) is 0. The molecule has 1 saturated heterocycles. The molecule has 2 aliphatic rings. The molecule has 5 atom stereocenters. The van der Waals surface area contributed by atoms with Gasteiger partial charge in [0.15, 0.2) is 0 Å². The molecule has 0 aromatic heterocycles. The number of benzene rings is 1. The predicted molar refractivity (Wildman–Crippen MR) is 166 cm³/mol. The van der Waals surface area contributed by atoms with E-state index in [0.29, 0.717) is 33.7 Å². The van der Waals surface area contributed by atoms with Crippen LogP contribution in [0.5, 0.6) is 11.5 Å². The fraction of sp³-hybridized carbons (Fsp3) is 0.806. The number of fused-ring (bicyclic) bond motifs is 2. The number of hydrogen-bond acceptors (Lipinski definition) is 8. The van der Waals surface area contributed by atoms with Crippen molar-refractivity contribution in [1.29, 1.82) is 0 Å². The molecule has 0 saturated carbocycles. The van der Waals surface area contributed by atoms with Crippen LogP contribution in [0.2, 0.25) is 33.2 Å². The van der Waals surface area contributed by atoms with Gasteiger partial charge in [0.25, 0.3) is 16.6 Å². The van der Waals surface area contributed by atoms with Gasteiger partial charge in [-0.25, -0.2) is 0 Å². The summed E-state index contributed by atoms with van der Waals surface area (Å²) in [5.74, 6) is -0.564. The molecule has 0 unspecified atom stereocenters. The Hall–Kier alpha value is -0.986. The molecule has 2 aliphatic heterocycles. The molecular weight excluding hydrogens is 557 g/mol. The molecule has 1 spiro atoms. The zero-order chi connectivity index (χ0) is 31.2. The lowest BCUT2D eigenvalue weighted by Crippen LogP contribution is -2.63. The number of ether oxygens (including phenoxy) is 2. The van der Waals surface area contributed by atoms with E-state index in [4.69, 9.17) is 18.3 Å². The summed E-state index contributed by atoms with van der Waals surface area (Å²) in [5, 5.41) is 42.7. The van der Waals surface area contributed by atoms with E-state index in [-0.39, 0.29) is 23.2 Å². The van der Waals surface area contributed by atoms with Crippen LogP contribution in [0.3, 0.4) is 0 Å². The summed E-state index contributed by atoms with van der Waals surface area (Å²) < 4.78 is 26.8. The standard InChI is InChI=1S/C31H56O8Si2/c1-17(2)40(18(3)4,19(5)6)38-24-13-23-16-36-31(30(35)29(34)28(33)26(15-32)37-31)27(23)25(14-24)39-41(20(7)8,21(9)10)22(11)12/h13-14,17-22,26,28-30,32-35H,15-16H2,1-12H3/t26-,28-,29+,30-,31+/m1/s1. The third-order valence-electron chi connectivity index (χ3n) is 9.89. The van der Waals surface area contributed by atoms with Crippen molar-refractivity contribution in [1.82, 2.24) is 0 Å². The van der Waals surface area contributed by atoms with Gasteiger partial charge in [-0.1, -0.05) is 83.1 Å². The second-order valence-corrected chi connectivity index (χ2v) is 24.8. The average Bonchev–Trinajstić information content (AvgIpc) is 3.24. The maximum absolute atomic E-state index is 11.4. The van der Waals surface area contributed by atoms with E-state index < -0.39 is 53.4 Å². The first kappa shape index (κ1) is 34.5. The highest BCUT2D eigenvalue weighted by Gasteiger charge is 2.60. The Labute approximate surface area is 249 Å². The van der Waals surface area contributed by atoms with E-state index in [2.05, 4.69) is 83.1 Å². The first-order valence-electron chi connectivity index (χ1n) is 15.5. The zero-order valence-electron chi connectivity index (χ0n) is 27.3. The molecule has 236 valence electrons. The maximum atomic E-state index is 11.4. The van der Waals surface area contributed by atoms with Gasteiger partial charge in [-0.3, -0.25) is 0 Å². The van der Waals surface area contributed by atoms with Crippen molar-refractivity contribution in [2.75, 3.05) is 6.61 Å². The molecule has 1 aromatic rings. The van der Waals surface area contributed by atoms with Gasteiger partial charge in [0.2, 0.25) is 5.79 Å². The Morgan fingerprint density at radius 3 is 1.66 bits per heavy atom. The van der Waals surface area contributed by atoms with Crippen molar-refractivity contribution in [3.05, 3.63) is 23.3 Å². The minimum absolute atomic E-state index is 0.0973. The number of aliphatic hydroxyl groups is 4. The van der Waals surface area contributed by atoms with E-state index in [0.717, 1.165) is 5.56 Å². The molecular formula is C31H56O8Si2. The van der Waals surface area contributed by atoms with E-state index >= 15 is 0 Å². The quantitative estimate of drug-likeness (QED) is 0.227. The Bertz CT molecular complexity index is 998. The molecule has 0 radical (unpaired) electrons. The van der Waals surface area contributed by atoms with Gasteiger partial charge >= 0.3 is 0 Å². The molecule has 1 fully saturated rings. The number of aliphatic hydroxyl groups excluding tert-OH is 4. The average molecular weight is 613 g/mol. The van der Waals surface area contributed by atoms with Gasteiger partial charge in [-0.2, -0.15) is 0 Å². The minimum atomic E-state index is -2.51. The predicted octanol–water partition coefficient (Wildman–Crippen LogP) is 5.95. The second kappa shape index (κ2) is 12.6. The van der Waals surface area contributed by atoms with Gasteiger partial charge in [0, 0.05) is 6.07 Å². The highest BCUT2D eigenvalue weighted by Crippen LogP contribution is 2.54. The normalized spacial score (nSPS) is 27.3. The van der Waals surface area contributed by atoms with Crippen LogP contribution in [0.25, 0.3) is 0 Å². The van der Waals surface area contributed by atoms with Crippen LogP contribution in [-0.2, 0) is 21.9 Å².